The quantitative estimate of drug-likeness (QED) is 0.821. The number of rotatable bonds is 6. The third-order valence-corrected chi connectivity index (χ3v) is 3.10. The summed E-state index contributed by atoms with van der Waals surface area (Å²) in [6.07, 6.45) is 1.10. The van der Waals surface area contributed by atoms with Crippen LogP contribution in [-0.2, 0) is 6.54 Å². The van der Waals surface area contributed by atoms with Crippen LogP contribution in [0.15, 0.2) is 24.3 Å². The maximum Gasteiger partial charge on any atom is 0.126 e. The molecule has 1 atom stereocenters. The standard InChI is InChI=1S/C14H21N3O/c1-3-8-15-11(2)14-16-12-6-4-5-7-13(12)17(14)9-10-18/h4-7,11,15,18H,3,8-10H2,1-2H3. The van der Waals surface area contributed by atoms with Gasteiger partial charge in [-0.25, -0.2) is 4.98 Å². The van der Waals surface area contributed by atoms with Crippen LogP contribution in [-0.4, -0.2) is 27.8 Å². The summed E-state index contributed by atoms with van der Waals surface area (Å²) in [6.45, 7) is 5.96. The first-order chi connectivity index (χ1) is 8.77. The lowest BCUT2D eigenvalue weighted by atomic mass is 10.3. The Morgan fingerprint density at radius 1 is 1.39 bits per heavy atom. The van der Waals surface area contributed by atoms with Crippen molar-refractivity contribution in [3.8, 4) is 0 Å². The summed E-state index contributed by atoms with van der Waals surface area (Å²) in [5, 5.41) is 12.7. The van der Waals surface area contributed by atoms with Gasteiger partial charge in [-0.05, 0) is 32.0 Å². The summed E-state index contributed by atoms with van der Waals surface area (Å²) >= 11 is 0. The Labute approximate surface area is 108 Å². The van der Waals surface area contributed by atoms with Crippen LogP contribution in [0, 0.1) is 0 Å². The van der Waals surface area contributed by atoms with Gasteiger partial charge in [0.15, 0.2) is 0 Å². The highest BCUT2D eigenvalue weighted by atomic mass is 16.3. The number of aromatic nitrogens is 2. The van der Waals surface area contributed by atoms with Crippen molar-refractivity contribution in [2.45, 2.75) is 32.9 Å². The van der Waals surface area contributed by atoms with Gasteiger partial charge in [0.2, 0.25) is 0 Å². The first kappa shape index (κ1) is 13.1. The number of aliphatic hydroxyl groups is 1. The van der Waals surface area contributed by atoms with Crippen LogP contribution in [0.3, 0.4) is 0 Å². The second kappa shape index (κ2) is 5.98. The summed E-state index contributed by atoms with van der Waals surface area (Å²) in [7, 11) is 0. The lowest BCUT2D eigenvalue weighted by Gasteiger charge is -2.15. The molecule has 0 bridgehead atoms. The molecule has 1 heterocycles. The van der Waals surface area contributed by atoms with Crippen molar-refractivity contribution in [2.75, 3.05) is 13.2 Å². The smallest absolute Gasteiger partial charge is 0.126 e. The summed E-state index contributed by atoms with van der Waals surface area (Å²) in [4.78, 5) is 4.67. The summed E-state index contributed by atoms with van der Waals surface area (Å²) < 4.78 is 2.10. The minimum Gasteiger partial charge on any atom is -0.395 e. The maximum atomic E-state index is 9.21. The highest BCUT2D eigenvalue weighted by Crippen LogP contribution is 2.20. The monoisotopic (exact) mass is 247 g/mol. The van der Waals surface area contributed by atoms with Crippen LogP contribution in [0.25, 0.3) is 11.0 Å². The number of benzene rings is 1. The van der Waals surface area contributed by atoms with Gasteiger partial charge in [-0.3, -0.25) is 0 Å². The molecule has 0 aliphatic heterocycles. The fourth-order valence-electron chi connectivity index (χ4n) is 2.21. The van der Waals surface area contributed by atoms with Gasteiger partial charge < -0.3 is 15.0 Å². The van der Waals surface area contributed by atoms with E-state index in [1.165, 1.54) is 0 Å². The third kappa shape index (κ3) is 2.54. The van der Waals surface area contributed by atoms with Crippen LogP contribution in [0.4, 0.5) is 0 Å². The van der Waals surface area contributed by atoms with Crippen molar-refractivity contribution < 1.29 is 5.11 Å². The predicted octanol–water partition coefficient (Wildman–Crippen LogP) is 2.09. The largest absolute Gasteiger partial charge is 0.395 e. The highest BCUT2D eigenvalue weighted by molar-refractivity contribution is 5.76. The highest BCUT2D eigenvalue weighted by Gasteiger charge is 2.15. The van der Waals surface area contributed by atoms with E-state index in [9.17, 15) is 5.11 Å². The lowest BCUT2D eigenvalue weighted by molar-refractivity contribution is 0.274. The van der Waals surface area contributed by atoms with E-state index in [4.69, 9.17) is 0 Å². The molecule has 4 heteroatoms. The molecule has 1 unspecified atom stereocenters. The minimum atomic E-state index is 0.133. The van der Waals surface area contributed by atoms with Crippen molar-refractivity contribution in [3.63, 3.8) is 0 Å². The minimum absolute atomic E-state index is 0.133. The fourth-order valence-corrected chi connectivity index (χ4v) is 2.21. The molecule has 0 spiro atoms. The first-order valence-corrected chi connectivity index (χ1v) is 6.57. The molecule has 0 aliphatic carbocycles. The molecule has 1 aromatic carbocycles. The van der Waals surface area contributed by atoms with E-state index in [2.05, 4.69) is 28.7 Å². The molecular formula is C14H21N3O. The van der Waals surface area contributed by atoms with Gasteiger partial charge in [-0.1, -0.05) is 19.1 Å². The summed E-state index contributed by atoms with van der Waals surface area (Å²) in [5.41, 5.74) is 2.08. The molecule has 0 saturated carbocycles. The zero-order valence-corrected chi connectivity index (χ0v) is 11.1. The Hall–Kier alpha value is -1.39. The lowest BCUT2D eigenvalue weighted by Crippen LogP contribution is -2.23. The van der Waals surface area contributed by atoms with Gasteiger partial charge in [-0.2, -0.15) is 0 Å². The summed E-state index contributed by atoms with van der Waals surface area (Å²) in [5.74, 6) is 0.999. The van der Waals surface area contributed by atoms with Gasteiger partial charge in [0.05, 0.1) is 23.7 Å². The van der Waals surface area contributed by atoms with E-state index in [0.29, 0.717) is 6.54 Å². The molecule has 18 heavy (non-hydrogen) atoms. The van der Waals surface area contributed by atoms with Gasteiger partial charge in [-0.15, -0.1) is 0 Å². The van der Waals surface area contributed by atoms with E-state index in [1.807, 2.05) is 24.3 Å². The van der Waals surface area contributed by atoms with Gasteiger partial charge in [0.25, 0.3) is 0 Å². The molecule has 0 saturated heterocycles. The van der Waals surface area contributed by atoms with Crippen LogP contribution in [0.1, 0.15) is 32.1 Å². The van der Waals surface area contributed by atoms with Crippen molar-refractivity contribution in [1.29, 1.82) is 0 Å². The van der Waals surface area contributed by atoms with E-state index in [-0.39, 0.29) is 12.6 Å². The normalized spacial score (nSPS) is 13.1. The van der Waals surface area contributed by atoms with Gasteiger partial charge in [0.1, 0.15) is 5.82 Å². The third-order valence-electron chi connectivity index (χ3n) is 3.10. The molecular weight excluding hydrogens is 226 g/mol. The Morgan fingerprint density at radius 3 is 2.89 bits per heavy atom. The van der Waals surface area contributed by atoms with Gasteiger partial charge >= 0.3 is 0 Å². The molecule has 0 amide bonds. The number of hydrogen-bond acceptors (Lipinski definition) is 3. The van der Waals surface area contributed by atoms with Crippen molar-refractivity contribution >= 4 is 11.0 Å². The number of aliphatic hydroxyl groups excluding tert-OH is 1. The molecule has 2 aromatic rings. The van der Waals surface area contributed by atoms with E-state index < -0.39 is 0 Å². The SMILES string of the molecule is CCCNC(C)c1nc2ccccc2n1CCO. The molecule has 0 aliphatic rings. The van der Waals surface area contributed by atoms with Crippen LogP contribution in [0.2, 0.25) is 0 Å². The second-order valence-corrected chi connectivity index (χ2v) is 4.51. The Kier molecular flexibility index (Phi) is 4.33. The van der Waals surface area contributed by atoms with E-state index >= 15 is 0 Å². The summed E-state index contributed by atoms with van der Waals surface area (Å²) in [6, 6.07) is 8.26. The van der Waals surface area contributed by atoms with E-state index in [0.717, 1.165) is 29.8 Å². The average Bonchev–Trinajstić information content (AvgIpc) is 2.76. The molecule has 4 nitrogen and oxygen atoms in total. The molecule has 2 N–H and O–H groups in total. The average molecular weight is 247 g/mol. The fraction of sp³-hybridized carbons (Fsp3) is 0.500. The Balaban J connectivity index is 2.38. The number of nitrogens with one attached hydrogen (secondary N) is 1. The molecule has 0 radical (unpaired) electrons. The molecule has 0 fully saturated rings. The number of para-hydroxylation sites is 2. The number of fused-ring (bicyclic) bond motifs is 1. The maximum absolute atomic E-state index is 9.21. The van der Waals surface area contributed by atoms with E-state index in [1.54, 1.807) is 0 Å². The zero-order valence-electron chi connectivity index (χ0n) is 11.1. The topological polar surface area (TPSA) is 50.1 Å². The second-order valence-electron chi connectivity index (χ2n) is 4.51. The van der Waals surface area contributed by atoms with Crippen molar-refractivity contribution in [1.82, 2.24) is 14.9 Å². The van der Waals surface area contributed by atoms with Gasteiger partial charge in [0, 0.05) is 6.54 Å². The van der Waals surface area contributed by atoms with Crippen molar-refractivity contribution in [2.24, 2.45) is 0 Å². The molecule has 1 aromatic heterocycles. The molecule has 98 valence electrons. The van der Waals surface area contributed by atoms with Crippen LogP contribution in [0.5, 0.6) is 0 Å². The Morgan fingerprint density at radius 2 is 2.17 bits per heavy atom. The first-order valence-electron chi connectivity index (χ1n) is 6.57. The van der Waals surface area contributed by atoms with Crippen LogP contribution < -0.4 is 5.32 Å². The van der Waals surface area contributed by atoms with Crippen LogP contribution >= 0.6 is 0 Å². The number of imidazole rings is 1. The Bertz CT molecular complexity index is 507. The number of hydrogen-bond donors (Lipinski definition) is 2. The van der Waals surface area contributed by atoms with Crippen molar-refractivity contribution in [3.05, 3.63) is 30.1 Å². The molecule has 2 rings (SSSR count). The zero-order chi connectivity index (χ0) is 13.0. The number of nitrogens with zero attached hydrogens (tertiary/aromatic N) is 2. The predicted molar refractivity (Wildman–Crippen MR) is 73.5 cm³/mol.